The van der Waals surface area contributed by atoms with Gasteiger partial charge in [-0.3, -0.25) is 0 Å². The molecule has 0 aliphatic heterocycles. The highest BCUT2D eigenvalue weighted by Gasteiger charge is 2.21. The van der Waals surface area contributed by atoms with Gasteiger partial charge in [-0.05, 0) is 31.7 Å². The van der Waals surface area contributed by atoms with E-state index in [1.807, 2.05) is 0 Å². The zero-order valence-electron chi connectivity index (χ0n) is 9.12. The van der Waals surface area contributed by atoms with E-state index < -0.39 is 9.84 Å². The predicted molar refractivity (Wildman–Crippen MR) is 59.1 cm³/mol. The van der Waals surface area contributed by atoms with Crippen LogP contribution < -0.4 is 5.32 Å². The molecule has 1 aliphatic rings. The topological polar surface area (TPSA) is 46.2 Å². The van der Waals surface area contributed by atoms with Crippen molar-refractivity contribution in [2.45, 2.75) is 39.2 Å². The fourth-order valence-corrected chi connectivity index (χ4v) is 2.33. The summed E-state index contributed by atoms with van der Waals surface area (Å²) in [6, 6.07) is 0.722. The minimum atomic E-state index is -2.77. The summed E-state index contributed by atoms with van der Waals surface area (Å²) in [4.78, 5) is 0. The lowest BCUT2D eigenvalue weighted by molar-refractivity contribution is 0.494. The molecule has 1 saturated carbocycles. The number of rotatable bonds is 7. The lowest BCUT2D eigenvalue weighted by atomic mass is 10.1. The average Bonchev–Trinajstić information content (AvgIpc) is 2.95. The Hall–Kier alpha value is -0.0900. The van der Waals surface area contributed by atoms with Crippen molar-refractivity contribution >= 4 is 9.84 Å². The second-order valence-electron chi connectivity index (χ2n) is 4.31. The van der Waals surface area contributed by atoms with Crippen LogP contribution in [0, 0.1) is 5.92 Å². The molecule has 0 radical (unpaired) electrons. The van der Waals surface area contributed by atoms with Crippen molar-refractivity contribution in [1.29, 1.82) is 0 Å². The molecule has 1 aliphatic carbocycles. The van der Waals surface area contributed by atoms with E-state index in [0.29, 0.717) is 11.7 Å². The van der Waals surface area contributed by atoms with Gasteiger partial charge in [0.2, 0.25) is 0 Å². The first-order valence-electron chi connectivity index (χ1n) is 5.47. The van der Waals surface area contributed by atoms with E-state index in [1.165, 1.54) is 12.8 Å². The van der Waals surface area contributed by atoms with Gasteiger partial charge in [-0.1, -0.05) is 13.8 Å². The van der Waals surface area contributed by atoms with Crippen molar-refractivity contribution in [3.8, 4) is 0 Å². The molecule has 3 nitrogen and oxygen atoms in total. The van der Waals surface area contributed by atoms with Gasteiger partial charge in [-0.15, -0.1) is 0 Å². The van der Waals surface area contributed by atoms with Gasteiger partial charge in [0.15, 0.2) is 0 Å². The molecule has 1 fully saturated rings. The molecule has 0 aromatic rings. The summed E-state index contributed by atoms with van der Waals surface area (Å²) in [6.45, 7) is 4.78. The molecule has 1 N–H and O–H groups in total. The van der Waals surface area contributed by atoms with Crippen LogP contribution in [0.15, 0.2) is 0 Å². The van der Waals surface area contributed by atoms with Gasteiger partial charge in [-0.2, -0.15) is 0 Å². The molecule has 0 spiro atoms. The number of hydrogen-bond donors (Lipinski definition) is 1. The number of hydrogen-bond acceptors (Lipinski definition) is 3. The number of nitrogens with one attached hydrogen (secondary N) is 1. The van der Waals surface area contributed by atoms with Gasteiger partial charge < -0.3 is 5.32 Å². The summed E-state index contributed by atoms with van der Waals surface area (Å²) in [7, 11) is -2.77. The molecule has 1 unspecified atom stereocenters. The van der Waals surface area contributed by atoms with Crippen molar-refractivity contribution in [2.24, 2.45) is 5.92 Å². The van der Waals surface area contributed by atoms with Crippen LogP contribution in [-0.4, -0.2) is 32.5 Å². The molecule has 0 saturated heterocycles. The summed E-state index contributed by atoms with van der Waals surface area (Å²) in [5.41, 5.74) is 0. The predicted octanol–water partition coefficient (Wildman–Crippen LogP) is 1.20. The van der Waals surface area contributed by atoms with E-state index in [9.17, 15) is 8.42 Å². The normalized spacial score (nSPS) is 19.6. The van der Waals surface area contributed by atoms with Crippen molar-refractivity contribution in [3.63, 3.8) is 0 Å². The minimum absolute atomic E-state index is 0.274. The Balaban J connectivity index is 2.09. The maximum absolute atomic E-state index is 11.2. The zero-order chi connectivity index (χ0) is 10.6. The van der Waals surface area contributed by atoms with Gasteiger partial charge in [0.1, 0.15) is 9.84 Å². The van der Waals surface area contributed by atoms with Crippen molar-refractivity contribution in [1.82, 2.24) is 5.32 Å². The third-order valence-electron chi connectivity index (χ3n) is 2.69. The largest absolute Gasteiger partial charge is 0.314 e. The van der Waals surface area contributed by atoms with E-state index in [1.54, 1.807) is 6.92 Å². The van der Waals surface area contributed by atoms with Crippen molar-refractivity contribution < 1.29 is 8.42 Å². The fourth-order valence-electron chi connectivity index (χ4n) is 1.28. The van der Waals surface area contributed by atoms with Gasteiger partial charge in [0, 0.05) is 11.8 Å². The highest BCUT2D eigenvalue weighted by atomic mass is 32.2. The van der Waals surface area contributed by atoms with Crippen molar-refractivity contribution in [2.75, 3.05) is 18.1 Å². The quantitative estimate of drug-likeness (QED) is 0.700. The Morgan fingerprint density at radius 2 is 2.07 bits per heavy atom. The molecule has 1 rings (SSSR count). The SMILES string of the molecule is CCS(=O)(=O)CCC(C)CNC1CC1. The molecule has 0 aromatic carbocycles. The first kappa shape index (κ1) is 12.0. The second kappa shape index (κ2) is 5.12. The molecule has 0 aromatic heterocycles. The molecule has 0 heterocycles. The molecule has 1 atom stereocenters. The summed E-state index contributed by atoms with van der Waals surface area (Å²) in [5, 5.41) is 3.42. The molecular formula is C10H21NO2S. The maximum Gasteiger partial charge on any atom is 0.150 e. The molecule has 0 amide bonds. The highest BCUT2D eigenvalue weighted by molar-refractivity contribution is 7.91. The summed E-state index contributed by atoms with van der Waals surface area (Å²) >= 11 is 0. The maximum atomic E-state index is 11.2. The van der Waals surface area contributed by atoms with Crippen LogP contribution in [0.25, 0.3) is 0 Å². The monoisotopic (exact) mass is 219 g/mol. The molecule has 4 heteroatoms. The van der Waals surface area contributed by atoms with Gasteiger partial charge >= 0.3 is 0 Å². The summed E-state index contributed by atoms with van der Waals surface area (Å²) in [6.07, 6.45) is 3.37. The van der Waals surface area contributed by atoms with Crippen LogP contribution in [0.4, 0.5) is 0 Å². The Morgan fingerprint density at radius 1 is 1.43 bits per heavy atom. The zero-order valence-corrected chi connectivity index (χ0v) is 9.94. The van der Waals surface area contributed by atoms with Gasteiger partial charge in [0.05, 0.1) is 5.75 Å². The Kier molecular flexibility index (Phi) is 4.38. The second-order valence-corrected chi connectivity index (χ2v) is 6.79. The van der Waals surface area contributed by atoms with E-state index in [4.69, 9.17) is 0 Å². The van der Waals surface area contributed by atoms with Gasteiger partial charge in [0.25, 0.3) is 0 Å². The summed E-state index contributed by atoms with van der Waals surface area (Å²) in [5.74, 6) is 1.09. The Labute approximate surface area is 87.2 Å². The molecule has 0 bridgehead atoms. The van der Waals surface area contributed by atoms with Crippen LogP contribution in [-0.2, 0) is 9.84 Å². The van der Waals surface area contributed by atoms with Crippen LogP contribution in [0.2, 0.25) is 0 Å². The summed E-state index contributed by atoms with van der Waals surface area (Å²) < 4.78 is 22.5. The van der Waals surface area contributed by atoms with E-state index in [0.717, 1.165) is 19.0 Å². The highest BCUT2D eigenvalue weighted by Crippen LogP contribution is 2.19. The molecular weight excluding hydrogens is 198 g/mol. The fraction of sp³-hybridized carbons (Fsp3) is 1.00. The van der Waals surface area contributed by atoms with Gasteiger partial charge in [-0.25, -0.2) is 8.42 Å². The standard InChI is InChI=1S/C10H21NO2S/c1-3-14(12,13)7-6-9(2)8-11-10-4-5-10/h9-11H,3-8H2,1-2H3. The lowest BCUT2D eigenvalue weighted by Crippen LogP contribution is -2.24. The van der Waals surface area contributed by atoms with Crippen LogP contribution in [0.1, 0.15) is 33.1 Å². The van der Waals surface area contributed by atoms with E-state index in [-0.39, 0.29) is 5.75 Å². The lowest BCUT2D eigenvalue weighted by Gasteiger charge is -2.11. The average molecular weight is 219 g/mol. The van der Waals surface area contributed by atoms with Crippen LogP contribution >= 0.6 is 0 Å². The third kappa shape index (κ3) is 4.96. The third-order valence-corrected chi connectivity index (χ3v) is 4.43. The first-order valence-corrected chi connectivity index (χ1v) is 7.29. The first-order chi connectivity index (χ1) is 6.53. The smallest absolute Gasteiger partial charge is 0.150 e. The van der Waals surface area contributed by atoms with Crippen LogP contribution in [0.5, 0.6) is 0 Å². The van der Waals surface area contributed by atoms with E-state index in [2.05, 4.69) is 12.2 Å². The Bertz CT molecular complexity index is 257. The molecule has 84 valence electrons. The van der Waals surface area contributed by atoms with Crippen LogP contribution in [0.3, 0.4) is 0 Å². The van der Waals surface area contributed by atoms with Crippen molar-refractivity contribution in [3.05, 3.63) is 0 Å². The molecule has 14 heavy (non-hydrogen) atoms. The minimum Gasteiger partial charge on any atom is -0.314 e. The Morgan fingerprint density at radius 3 is 2.57 bits per heavy atom. The number of sulfone groups is 1. The van der Waals surface area contributed by atoms with E-state index >= 15 is 0 Å².